The van der Waals surface area contributed by atoms with E-state index in [9.17, 15) is 0 Å². The maximum atomic E-state index is 5.96. The van der Waals surface area contributed by atoms with Gasteiger partial charge >= 0.3 is 17.2 Å². The van der Waals surface area contributed by atoms with Crippen molar-refractivity contribution in [2.45, 2.75) is 219 Å². The van der Waals surface area contributed by atoms with Crippen LogP contribution in [-0.4, -0.2) is 39.6 Å². The van der Waals surface area contributed by atoms with E-state index in [0.717, 1.165) is 26.1 Å². The molecule has 1 spiro atoms. The Morgan fingerprint density at radius 1 is 0.327 bits per heavy atom. The van der Waals surface area contributed by atoms with Crippen LogP contribution in [0.25, 0.3) is 0 Å². The summed E-state index contributed by atoms with van der Waals surface area (Å²) in [5.41, 5.74) is -0.229. The Kier molecular flexibility index (Phi) is 32.1. The molecule has 2 rings (SSSR count). The van der Waals surface area contributed by atoms with E-state index in [1.165, 1.54) is 193 Å². The van der Waals surface area contributed by atoms with E-state index in [2.05, 4.69) is 13.8 Å². The van der Waals surface area contributed by atoms with Gasteiger partial charge in [0.25, 0.3) is 0 Å². The molecule has 2 aliphatic heterocycles. The van der Waals surface area contributed by atoms with Gasteiger partial charge in [-0.05, 0) is 12.8 Å². The molecule has 2 heterocycles. The molecule has 0 atom stereocenters. The lowest BCUT2D eigenvalue weighted by molar-refractivity contribution is -0.0761. The second kappa shape index (κ2) is 34.4. The summed E-state index contributed by atoms with van der Waals surface area (Å²) < 4.78 is 35.7. The molecule has 0 aliphatic carbocycles. The van der Waals surface area contributed by atoms with Crippen LogP contribution in [0.4, 0.5) is 0 Å². The lowest BCUT2D eigenvalue weighted by Crippen LogP contribution is -2.44. The van der Waals surface area contributed by atoms with Crippen LogP contribution in [0.2, 0.25) is 0 Å². The van der Waals surface area contributed by atoms with Crippen molar-refractivity contribution in [1.29, 1.82) is 0 Å². The lowest BCUT2D eigenvalue weighted by Gasteiger charge is -2.41. The van der Waals surface area contributed by atoms with Crippen LogP contribution in [0.5, 0.6) is 0 Å². The zero-order valence-electron chi connectivity index (χ0n) is 32.7. The SMILES string of the molecule is CCCCCCCCCCCCCCCCCCO[P@]1OCC2(CO[P@@](OCCCCCCCCCCCCCCCCCC)OC2)CO1. The normalized spacial score (nSPS) is 21.2. The quantitative estimate of drug-likeness (QED) is 0.0472. The highest BCUT2D eigenvalue weighted by Gasteiger charge is 2.43. The lowest BCUT2D eigenvalue weighted by atomic mass is 9.93. The van der Waals surface area contributed by atoms with Gasteiger partial charge in [0.15, 0.2) is 0 Å². The van der Waals surface area contributed by atoms with Crippen molar-refractivity contribution in [2.24, 2.45) is 5.41 Å². The minimum atomic E-state index is -1.24. The van der Waals surface area contributed by atoms with Gasteiger partial charge in [-0.25, -0.2) is 0 Å². The summed E-state index contributed by atoms with van der Waals surface area (Å²) in [6.45, 7) is 8.31. The molecule has 0 aromatic heterocycles. The van der Waals surface area contributed by atoms with Crippen molar-refractivity contribution >= 4 is 17.2 Å². The first-order valence-corrected chi connectivity index (χ1v) is 23.8. The third-order valence-corrected chi connectivity index (χ3v) is 12.4. The molecule has 0 bridgehead atoms. The van der Waals surface area contributed by atoms with Crippen LogP contribution in [0.1, 0.15) is 219 Å². The van der Waals surface area contributed by atoms with Gasteiger partial charge in [0, 0.05) is 0 Å². The largest absolute Gasteiger partial charge is 0.332 e. The Balaban J connectivity index is 1.28. The zero-order valence-corrected chi connectivity index (χ0v) is 34.5. The summed E-state index contributed by atoms with van der Waals surface area (Å²) in [6.07, 6.45) is 44.1. The minimum Gasteiger partial charge on any atom is -0.312 e. The summed E-state index contributed by atoms with van der Waals surface area (Å²) in [6, 6.07) is 0. The zero-order chi connectivity index (χ0) is 34.8. The number of unbranched alkanes of at least 4 members (excludes halogenated alkanes) is 30. The first-order valence-electron chi connectivity index (χ1n) is 21.7. The maximum absolute atomic E-state index is 5.96. The molecule has 0 amide bonds. The van der Waals surface area contributed by atoms with E-state index in [4.69, 9.17) is 27.1 Å². The highest BCUT2D eigenvalue weighted by Crippen LogP contribution is 2.53. The van der Waals surface area contributed by atoms with Crippen molar-refractivity contribution in [3.05, 3.63) is 0 Å². The van der Waals surface area contributed by atoms with Gasteiger partial charge in [-0.3, -0.25) is 0 Å². The average molecular weight is 733 g/mol. The molecule has 2 saturated heterocycles. The van der Waals surface area contributed by atoms with Crippen molar-refractivity contribution in [3.63, 3.8) is 0 Å². The summed E-state index contributed by atoms with van der Waals surface area (Å²) in [7, 11) is -2.48. The fraction of sp³-hybridized carbons (Fsp3) is 1.00. The second-order valence-corrected chi connectivity index (χ2v) is 17.8. The van der Waals surface area contributed by atoms with Gasteiger partial charge in [0.05, 0.1) is 45.1 Å². The molecular formula is C41H82O6P2. The molecule has 0 radical (unpaired) electrons. The maximum Gasteiger partial charge on any atom is 0.332 e. The minimum absolute atomic E-state index is 0.229. The Labute approximate surface area is 308 Å². The van der Waals surface area contributed by atoms with Gasteiger partial charge in [0.2, 0.25) is 0 Å². The Bertz CT molecular complexity index is 611. The molecule has 0 aromatic carbocycles. The van der Waals surface area contributed by atoms with E-state index in [1.807, 2.05) is 0 Å². The highest BCUT2D eigenvalue weighted by molar-refractivity contribution is 7.42. The molecule has 2 aliphatic rings. The van der Waals surface area contributed by atoms with Gasteiger partial charge < -0.3 is 27.1 Å². The first kappa shape index (κ1) is 45.8. The summed E-state index contributed by atoms with van der Waals surface area (Å²) >= 11 is 0. The van der Waals surface area contributed by atoms with Crippen LogP contribution in [0.15, 0.2) is 0 Å². The standard InChI is InChI=1S/C41H82O6P2/c1-3-5-7-9-11-13-15-17-19-21-23-25-27-29-31-33-35-42-48-44-37-41(38-45-48)39-46-49(47-40-41)43-36-34-32-30-28-26-24-22-20-18-16-14-12-10-8-6-4-2/h3-40H2,1-2H3/t41?,48-,49-. The van der Waals surface area contributed by atoms with E-state index in [-0.39, 0.29) is 5.41 Å². The molecule has 6 nitrogen and oxygen atoms in total. The van der Waals surface area contributed by atoms with E-state index < -0.39 is 17.2 Å². The second-order valence-electron chi connectivity index (χ2n) is 15.3. The van der Waals surface area contributed by atoms with Crippen LogP contribution in [0, 0.1) is 5.41 Å². The molecule has 292 valence electrons. The smallest absolute Gasteiger partial charge is 0.312 e. The third kappa shape index (κ3) is 26.9. The van der Waals surface area contributed by atoms with Gasteiger partial charge in [-0.2, -0.15) is 0 Å². The predicted octanol–water partition coefficient (Wildman–Crippen LogP) is 15.1. The van der Waals surface area contributed by atoms with Gasteiger partial charge in [0.1, 0.15) is 0 Å². The molecule has 2 fully saturated rings. The third-order valence-electron chi connectivity index (χ3n) is 10.3. The van der Waals surface area contributed by atoms with Crippen molar-refractivity contribution < 1.29 is 27.1 Å². The highest BCUT2D eigenvalue weighted by atomic mass is 31.2. The van der Waals surface area contributed by atoms with Crippen molar-refractivity contribution in [3.8, 4) is 0 Å². The summed E-state index contributed by atoms with van der Waals surface area (Å²) in [5.74, 6) is 0. The van der Waals surface area contributed by atoms with E-state index in [0.29, 0.717) is 26.4 Å². The fourth-order valence-corrected chi connectivity index (χ4v) is 9.33. The summed E-state index contributed by atoms with van der Waals surface area (Å²) in [4.78, 5) is 0. The van der Waals surface area contributed by atoms with Crippen LogP contribution in [-0.2, 0) is 27.1 Å². The number of hydrogen-bond acceptors (Lipinski definition) is 6. The van der Waals surface area contributed by atoms with Crippen LogP contribution in [0.3, 0.4) is 0 Å². The van der Waals surface area contributed by atoms with Gasteiger partial charge in [-0.1, -0.05) is 206 Å². The van der Waals surface area contributed by atoms with Crippen molar-refractivity contribution in [1.82, 2.24) is 0 Å². The predicted molar refractivity (Wildman–Crippen MR) is 211 cm³/mol. The topological polar surface area (TPSA) is 55.4 Å². The van der Waals surface area contributed by atoms with Crippen LogP contribution < -0.4 is 0 Å². The molecular weight excluding hydrogens is 650 g/mol. The van der Waals surface area contributed by atoms with Crippen LogP contribution >= 0.6 is 17.2 Å². The molecule has 0 saturated carbocycles. The molecule has 0 aromatic rings. The molecule has 49 heavy (non-hydrogen) atoms. The van der Waals surface area contributed by atoms with Crippen molar-refractivity contribution in [2.75, 3.05) is 39.6 Å². The Morgan fingerprint density at radius 3 is 0.755 bits per heavy atom. The molecule has 0 unspecified atom stereocenters. The number of hydrogen-bond donors (Lipinski definition) is 0. The Hall–Kier alpha value is 0.620. The number of rotatable bonds is 36. The molecule has 0 N–H and O–H groups in total. The Morgan fingerprint density at radius 2 is 0.531 bits per heavy atom. The fourth-order valence-electron chi connectivity index (χ4n) is 6.81. The average Bonchev–Trinajstić information content (AvgIpc) is 3.12. The monoisotopic (exact) mass is 733 g/mol. The summed E-state index contributed by atoms with van der Waals surface area (Å²) in [5, 5.41) is 0. The molecule has 8 heteroatoms. The first-order chi connectivity index (χ1) is 24.3. The van der Waals surface area contributed by atoms with E-state index in [1.54, 1.807) is 0 Å². The van der Waals surface area contributed by atoms with E-state index >= 15 is 0 Å². The van der Waals surface area contributed by atoms with Gasteiger partial charge in [-0.15, -0.1) is 0 Å².